The summed E-state index contributed by atoms with van der Waals surface area (Å²) in [6.45, 7) is 2.91. The van der Waals surface area contributed by atoms with Crippen molar-refractivity contribution in [2.75, 3.05) is 30.0 Å². The molecule has 5 nitrogen and oxygen atoms in total. The Morgan fingerprint density at radius 2 is 2.00 bits per heavy atom. The monoisotopic (exact) mass is 296 g/mol. The average molecular weight is 296 g/mol. The molecule has 0 bridgehead atoms. The van der Waals surface area contributed by atoms with Crippen molar-refractivity contribution in [3.63, 3.8) is 0 Å². The number of nitrogens with one attached hydrogen (secondary N) is 1. The number of rotatable bonds is 8. The van der Waals surface area contributed by atoms with Crippen LogP contribution in [0.4, 0.5) is 5.69 Å². The first kappa shape index (κ1) is 16.5. The Bertz CT molecular complexity index is 435. The molecule has 0 heterocycles. The molecule has 0 aromatic heterocycles. The van der Waals surface area contributed by atoms with Gasteiger partial charge < -0.3 is 15.8 Å². The van der Waals surface area contributed by atoms with Crippen LogP contribution in [0.2, 0.25) is 0 Å². The fourth-order valence-electron chi connectivity index (χ4n) is 1.41. The van der Waals surface area contributed by atoms with Crippen LogP contribution in [0.25, 0.3) is 0 Å². The Morgan fingerprint density at radius 3 is 2.60 bits per heavy atom. The molecule has 0 fully saturated rings. The smallest absolute Gasteiger partial charge is 0.338 e. The van der Waals surface area contributed by atoms with Gasteiger partial charge in [0.25, 0.3) is 0 Å². The second-order valence-electron chi connectivity index (χ2n) is 4.10. The molecule has 0 atom stereocenters. The lowest BCUT2D eigenvalue weighted by Crippen LogP contribution is -2.15. The molecule has 0 aliphatic heterocycles. The van der Waals surface area contributed by atoms with E-state index in [0.717, 1.165) is 12.2 Å². The molecule has 3 N–H and O–H groups in total. The number of carbonyl (C=O) groups excluding carboxylic acids is 2. The summed E-state index contributed by atoms with van der Waals surface area (Å²) in [7, 11) is 0. The van der Waals surface area contributed by atoms with Crippen molar-refractivity contribution < 1.29 is 14.3 Å². The fraction of sp³-hybridized carbons (Fsp3) is 0.429. The van der Waals surface area contributed by atoms with Gasteiger partial charge in [-0.3, -0.25) is 4.79 Å². The summed E-state index contributed by atoms with van der Waals surface area (Å²) in [6.07, 6.45) is 0.792. The van der Waals surface area contributed by atoms with E-state index < -0.39 is 0 Å². The van der Waals surface area contributed by atoms with Crippen LogP contribution in [-0.2, 0) is 9.53 Å². The van der Waals surface area contributed by atoms with Crippen LogP contribution in [0, 0.1) is 0 Å². The van der Waals surface area contributed by atoms with E-state index in [-0.39, 0.29) is 11.9 Å². The molecule has 0 radical (unpaired) electrons. The number of hydrogen-bond donors (Lipinski definition) is 2. The summed E-state index contributed by atoms with van der Waals surface area (Å²) in [4.78, 5) is 23.2. The molecule has 0 aliphatic rings. The molecule has 1 rings (SSSR count). The van der Waals surface area contributed by atoms with Gasteiger partial charge in [0.05, 0.1) is 17.9 Å². The highest BCUT2D eigenvalue weighted by Gasteiger charge is 2.07. The van der Waals surface area contributed by atoms with Crippen LogP contribution in [0.3, 0.4) is 0 Å². The van der Waals surface area contributed by atoms with Gasteiger partial charge in [-0.15, -0.1) is 0 Å². The standard InChI is InChI=1S/C14H20N2O3S/c1-2-8-19-14(18)11-3-5-12(6-4-11)16-13(17)10-20-9-7-15/h3-6H,2,7-10,15H2,1H3,(H,16,17). The van der Waals surface area contributed by atoms with Crippen molar-refractivity contribution in [3.05, 3.63) is 29.8 Å². The van der Waals surface area contributed by atoms with Gasteiger partial charge in [0.2, 0.25) is 5.91 Å². The summed E-state index contributed by atoms with van der Waals surface area (Å²) in [6, 6.07) is 6.66. The molecule has 1 amide bonds. The highest BCUT2D eigenvalue weighted by molar-refractivity contribution is 7.99. The number of benzene rings is 1. The minimum absolute atomic E-state index is 0.0789. The Balaban J connectivity index is 2.45. The van der Waals surface area contributed by atoms with Crippen molar-refractivity contribution in [1.82, 2.24) is 0 Å². The predicted octanol–water partition coefficient (Wildman–Crippen LogP) is 1.88. The SMILES string of the molecule is CCCOC(=O)c1ccc(NC(=O)CSCCN)cc1. The molecule has 20 heavy (non-hydrogen) atoms. The van der Waals surface area contributed by atoms with Crippen molar-refractivity contribution >= 4 is 29.3 Å². The zero-order chi connectivity index (χ0) is 14.8. The van der Waals surface area contributed by atoms with Gasteiger partial charge in [0.1, 0.15) is 0 Å². The third kappa shape index (κ3) is 6.08. The molecule has 0 unspecified atom stereocenters. The number of anilines is 1. The van der Waals surface area contributed by atoms with E-state index in [2.05, 4.69) is 5.32 Å². The number of esters is 1. The van der Waals surface area contributed by atoms with Crippen LogP contribution in [0.5, 0.6) is 0 Å². The van der Waals surface area contributed by atoms with Crippen LogP contribution in [-0.4, -0.2) is 36.5 Å². The van der Waals surface area contributed by atoms with Gasteiger partial charge >= 0.3 is 5.97 Å². The van der Waals surface area contributed by atoms with Crippen molar-refractivity contribution in [2.45, 2.75) is 13.3 Å². The topological polar surface area (TPSA) is 81.4 Å². The quantitative estimate of drug-likeness (QED) is 0.565. The summed E-state index contributed by atoms with van der Waals surface area (Å²) in [5.74, 6) is 0.709. The second kappa shape index (κ2) is 9.39. The van der Waals surface area contributed by atoms with E-state index in [4.69, 9.17) is 10.5 Å². The molecule has 1 aromatic rings. The highest BCUT2D eigenvalue weighted by Crippen LogP contribution is 2.11. The fourth-order valence-corrected chi connectivity index (χ4v) is 1.98. The van der Waals surface area contributed by atoms with E-state index >= 15 is 0 Å². The number of hydrogen-bond acceptors (Lipinski definition) is 5. The van der Waals surface area contributed by atoms with E-state index in [1.54, 1.807) is 24.3 Å². The zero-order valence-corrected chi connectivity index (χ0v) is 12.4. The van der Waals surface area contributed by atoms with Gasteiger partial charge in [-0.1, -0.05) is 6.92 Å². The molecule has 1 aromatic carbocycles. The summed E-state index contributed by atoms with van der Waals surface area (Å²) in [5, 5.41) is 2.76. The summed E-state index contributed by atoms with van der Waals surface area (Å²) < 4.78 is 5.02. The molecule has 0 aliphatic carbocycles. The van der Waals surface area contributed by atoms with Crippen molar-refractivity contribution in [2.24, 2.45) is 5.73 Å². The van der Waals surface area contributed by atoms with E-state index in [9.17, 15) is 9.59 Å². The lowest BCUT2D eigenvalue weighted by Gasteiger charge is -2.06. The van der Waals surface area contributed by atoms with Crippen LogP contribution < -0.4 is 11.1 Å². The van der Waals surface area contributed by atoms with Gasteiger partial charge in [-0.25, -0.2) is 4.79 Å². The van der Waals surface area contributed by atoms with Crippen molar-refractivity contribution in [3.8, 4) is 0 Å². The molecular formula is C14H20N2O3S. The molecular weight excluding hydrogens is 276 g/mol. The van der Waals surface area contributed by atoms with Crippen LogP contribution in [0.15, 0.2) is 24.3 Å². The second-order valence-corrected chi connectivity index (χ2v) is 5.21. The van der Waals surface area contributed by atoms with Crippen LogP contribution >= 0.6 is 11.8 Å². The number of thioether (sulfide) groups is 1. The predicted molar refractivity (Wildman–Crippen MR) is 82.0 cm³/mol. The number of carbonyl (C=O) groups is 2. The molecule has 0 saturated carbocycles. The van der Waals surface area contributed by atoms with E-state index in [1.807, 2.05) is 6.92 Å². The van der Waals surface area contributed by atoms with E-state index in [0.29, 0.717) is 30.2 Å². The third-order valence-electron chi connectivity index (χ3n) is 2.34. The summed E-state index contributed by atoms with van der Waals surface area (Å²) >= 11 is 1.49. The first-order valence-corrected chi connectivity index (χ1v) is 7.67. The lowest BCUT2D eigenvalue weighted by molar-refractivity contribution is -0.113. The Hall–Kier alpha value is -1.53. The minimum Gasteiger partial charge on any atom is -0.462 e. The van der Waals surface area contributed by atoms with E-state index in [1.165, 1.54) is 11.8 Å². The minimum atomic E-state index is -0.344. The highest BCUT2D eigenvalue weighted by atomic mass is 32.2. The molecule has 0 spiro atoms. The normalized spacial score (nSPS) is 10.1. The number of amides is 1. The first-order valence-electron chi connectivity index (χ1n) is 6.52. The maximum atomic E-state index is 11.6. The van der Waals surface area contributed by atoms with Gasteiger partial charge in [0, 0.05) is 18.0 Å². The lowest BCUT2D eigenvalue weighted by atomic mass is 10.2. The maximum Gasteiger partial charge on any atom is 0.338 e. The Labute approximate surface area is 123 Å². The molecule has 110 valence electrons. The molecule has 6 heteroatoms. The maximum absolute atomic E-state index is 11.6. The van der Waals surface area contributed by atoms with Gasteiger partial charge in [-0.05, 0) is 30.7 Å². The van der Waals surface area contributed by atoms with Gasteiger partial charge in [-0.2, -0.15) is 11.8 Å². The number of nitrogens with two attached hydrogens (primary N) is 1. The number of ether oxygens (including phenoxy) is 1. The Morgan fingerprint density at radius 1 is 1.30 bits per heavy atom. The zero-order valence-electron chi connectivity index (χ0n) is 11.6. The largest absolute Gasteiger partial charge is 0.462 e. The Kier molecular flexibility index (Phi) is 7.75. The van der Waals surface area contributed by atoms with Crippen LogP contribution in [0.1, 0.15) is 23.7 Å². The van der Waals surface area contributed by atoms with Crippen molar-refractivity contribution in [1.29, 1.82) is 0 Å². The van der Waals surface area contributed by atoms with Gasteiger partial charge in [0.15, 0.2) is 0 Å². The summed E-state index contributed by atoms with van der Waals surface area (Å²) in [5.41, 5.74) is 6.49. The average Bonchev–Trinajstić information content (AvgIpc) is 2.46. The molecule has 0 saturated heterocycles. The third-order valence-corrected chi connectivity index (χ3v) is 3.33. The first-order chi connectivity index (χ1) is 9.67.